The quantitative estimate of drug-likeness (QED) is 0.798. The van der Waals surface area contributed by atoms with Gasteiger partial charge in [-0.1, -0.05) is 19.1 Å². The highest BCUT2D eigenvalue weighted by Crippen LogP contribution is 2.15. The van der Waals surface area contributed by atoms with Crippen LogP contribution in [0.25, 0.3) is 0 Å². The monoisotopic (exact) mass is 245 g/mol. The summed E-state index contributed by atoms with van der Waals surface area (Å²) in [5.41, 5.74) is 1.00. The lowest BCUT2D eigenvalue weighted by Gasteiger charge is -2.19. The van der Waals surface area contributed by atoms with Crippen molar-refractivity contribution < 1.29 is 18.6 Å². The van der Waals surface area contributed by atoms with Crippen molar-refractivity contribution in [3.63, 3.8) is 0 Å². The van der Waals surface area contributed by atoms with E-state index in [1.54, 1.807) is 12.1 Å². The second-order valence-corrected chi connectivity index (χ2v) is 3.61. The van der Waals surface area contributed by atoms with Crippen LogP contribution in [0.4, 0.5) is 8.78 Å². The molecule has 0 unspecified atom stereocenters. The molecule has 0 amide bonds. The SMILES string of the molecule is CCN(CCO)Cc1ccc(OC(F)F)cc1. The van der Waals surface area contributed by atoms with Gasteiger partial charge >= 0.3 is 6.61 Å². The van der Waals surface area contributed by atoms with Gasteiger partial charge in [0, 0.05) is 13.1 Å². The van der Waals surface area contributed by atoms with E-state index in [1.165, 1.54) is 12.1 Å². The molecule has 0 saturated carbocycles. The average Bonchev–Trinajstić information content (AvgIpc) is 2.30. The number of hydrogen-bond acceptors (Lipinski definition) is 3. The van der Waals surface area contributed by atoms with Crippen LogP contribution in [0.5, 0.6) is 5.75 Å². The van der Waals surface area contributed by atoms with Crippen LogP contribution in [0.15, 0.2) is 24.3 Å². The predicted octanol–water partition coefficient (Wildman–Crippen LogP) is 2.10. The molecule has 17 heavy (non-hydrogen) atoms. The molecule has 0 spiro atoms. The normalized spacial score (nSPS) is 11.2. The van der Waals surface area contributed by atoms with Crippen molar-refractivity contribution in [2.45, 2.75) is 20.1 Å². The molecular weight excluding hydrogens is 228 g/mol. The molecular formula is C12H17F2NO2. The van der Waals surface area contributed by atoms with E-state index in [9.17, 15) is 8.78 Å². The molecule has 0 fully saturated rings. The molecule has 1 aromatic rings. The number of likely N-dealkylation sites (N-methyl/N-ethyl adjacent to an activating group) is 1. The number of halogens is 2. The predicted molar refractivity (Wildman–Crippen MR) is 61.1 cm³/mol. The molecule has 96 valence electrons. The maximum atomic E-state index is 11.9. The molecule has 0 saturated heterocycles. The Morgan fingerprint density at radius 1 is 1.29 bits per heavy atom. The Balaban J connectivity index is 2.54. The summed E-state index contributed by atoms with van der Waals surface area (Å²) in [4.78, 5) is 2.06. The smallest absolute Gasteiger partial charge is 0.387 e. The lowest BCUT2D eigenvalue weighted by atomic mass is 10.2. The van der Waals surface area contributed by atoms with Crippen LogP contribution in [0, 0.1) is 0 Å². The molecule has 5 heteroatoms. The molecule has 0 bridgehead atoms. The molecule has 0 aliphatic heterocycles. The molecule has 3 nitrogen and oxygen atoms in total. The number of ether oxygens (including phenoxy) is 1. The second kappa shape index (κ2) is 7.19. The third kappa shape index (κ3) is 5.10. The van der Waals surface area contributed by atoms with Crippen molar-refractivity contribution >= 4 is 0 Å². The van der Waals surface area contributed by atoms with E-state index in [-0.39, 0.29) is 12.4 Å². The Morgan fingerprint density at radius 3 is 2.41 bits per heavy atom. The fourth-order valence-corrected chi connectivity index (χ4v) is 1.52. The van der Waals surface area contributed by atoms with Crippen LogP contribution in [0.3, 0.4) is 0 Å². The third-order valence-corrected chi connectivity index (χ3v) is 2.42. The molecule has 0 aromatic heterocycles. The van der Waals surface area contributed by atoms with Crippen LogP contribution in [0.2, 0.25) is 0 Å². The minimum Gasteiger partial charge on any atom is -0.435 e. The van der Waals surface area contributed by atoms with E-state index in [2.05, 4.69) is 9.64 Å². The maximum absolute atomic E-state index is 11.9. The molecule has 1 N–H and O–H groups in total. The van der Waals surface area contributed by atoms with Crippen molar-refractivity contribution in [2.75, 3.05) is 19.7 Å². The van der Waals surface area contributed by atoms with Gasteiger partial charge in [-0.15, -0.1) is 0 Å². The molecule has 1 aromatic carbocycles. The summed E-state index contributed by atoms with van der Waals surface area (Å²) in [5.74, 6) is 0.161. The highest BCUT2D eigenvalue weighted by molar-refractivity contribution is 5.27. The van der Waals surface area contributed by atoms with E-state index in [1.807, 2.05) is 6.92 Å². The Morgan fingerprint density at radius 2 is 1.94 bits per heavy atom. The first-order valence-electron chi connectivity index (χ1n) is 5.52. The minimum atomic E-state index is -2.79. The van der Waals surface area contributed by atoms with Gasteiger partial charge in [0.15, 0.2) is 0 Å². The van der Waals surface area contributed by atoms with E-state index >= 15 is 0 Å². The van der Waals surface area contributed by atoms with Gasteiger partial charge in [-0.3, -0.25) is 4.90 Å². The van der Waals surface area contributed by atoms with Crippen LogP contribution in [-0.2, 0) is 6.54 Å². The molecule has 0 aliphatic carbocycles. The van der Waals surface area contributed by atoms with Crippen molar-refractivity contribution in [2.24, 2.45) is 0 Å². The second-order valence-electron chi connectivity index (χ2n) is 3.61. The maximum Gasteiger partial charge on any atom is 0.387 e. The van der Waals surface area contributed by atoms with Crippen LogP contribution < -0.4 is 4.74 Å². The standard InChI is InChI=1S/C12H17F2NO2/c1-2-15(7-8-16)9-10-3-5-11(6-4-10)17-12(13)14/h3-6,12,16H,2,7-9H2,1H3. The van der Waals surface area contributed by atoms with Crippen molar-refractivity contribution in [3.05, 3.63) is 29.8 Å². The summed E-state index contributed by atoms with van der Waals surface area (Å²) in [6.45, 7) is 1.44. The summed E-state index contributed by atoms with van der Waals surface area (Å²) in [6, 6.07) is 6.54. The van der Waals surface area contributed by atoms with E-state index in [4.69, 9.17) is 5.11 Å². The molecule has 0 atom stereocenters. The van der Waals surface area contributed by atoms with E-state index in [0.717, 1.165) is 12.1 Å². The number of hydrogen-bond donors (Lipinski definition) is 1. The first-order valence-corrected chi connectivity index (χ1v) is 5.52. The zero-order chi connectivity index (χ0) is 12.7. The van der Waals surface area contributed by atoms with Crippen molar-refractivity contribution in [3.8, 4) is 5.75 Å². The summed E-state index contributed by atoms with van der Waals surface area (Å²) in [5, 5.41) is 8.84. The lowest BCUT2D eigenvalue weighted by Crippen LogP contribution is -2.26. The number of aliphatic hydroxyl groups excluding tert-OH is 1. The first kappa shape index (κ1) is 13.9. The van der Waals surface area contributed by atoms with Gasteiger partial charge < -0.3 is 9.84 Å². The number of alkyl halides is 2. The lowest BCUT2D eigenvalue weighted by molar-refractivity contribution is -0.0498. The first-order chi connectivity index (χ1) is 8.15. The largest absolute Gasteiger partial charge is 0.435 e. The van der Waals surface area contributed by atoms with Crippen LogP contribution in [0.1, 0.15) is 12.5 Å². The number of rotatable bonds is 7. The Bertz CT molecular complexity index is 317. The highest BCUT2D eigenvalue weighted by Gasteiger charge is 2.05. The van der Waals surface area contributed by atoms with Gasteiger partial charge in [0.05, 0.1) is 6.61 Å². The fourth-order valence-electron chi connectivity index (χ4n) is 1.52. The molecule has 0 aliphatic rings. The zero-order valence-corrected chi connectivity index (χ0v) is 9.77. The van der Waals surface area contributed by atoms with Gasteiger partial charge in [-0.05, 0) is 24.2 Å². The third-order valence-electron chi connectivity index (χ3n) is 2.42. The highest BCUT2D eigenvalue weighted by atomic mass is 19.3. The van der Waals surface area contributed by atoms with E-state index in [0.29, 0.717) is 13.1 Å². The topological polar surface area (TPSA) is 32.7 Å². The number of benzene rings is 1. The molecule has 0 heterocycles. The van der Waals surface area contributed by atoms with Crippen LogP contribution in [-0.4, -0.2) is 36.3 Å². The molecule has 0 radical (unpaired) electrons. The zero-order valence-electron chi connectivity index (χ0n) is 9.77. The average molecular weight is 245 g/mol. The molecule has 1 rings (SSSR count). The van der Waals surface area contributed by atoms with Gasteiger partial charge in [-0.2, -0.15) is 8.78 Å². The van der Waals surface area contributed by atoms with Gasteiger partial charge in [0.25, 0.3) is 0 Å². The summed E-state index contributed by atoms with van der Waals surface area (Å²) in [7, 11) is 0. The van der Waals surface area contributed by atoms with Gasteiger partial charge in [-0.25, -0.2) is 0 Å². The van der Waals surface area contributed by atoms with Gasteiger partial charge in [0.2, 0.25) is 0 Å². The summed E-state index contributed by atoms with van der Waals surface area (Å²) in [6.07, 6.45) is 0. The van der Waals surface area contributed by atoms with Crippen LogP contribution >= 0.6 is 0 Å². The fraction of sp³-hybridized carbons (Fsp3) is 0.500. The van der Waals surface area contributed by atoms with Gasteiger partial charge in [0.1, 0.15) is 5.75 Å². The minimum absolute atomic E-state index is 0.112. The summed E-state index contributed by atoms with van der Waals surface area (Å²) < 4.78 is 28.1. The summed E-state index contributed by atoms with van der Waals surface area (Å²) >= 11 is 0. The Labute approximate surface area is 99.6 Å². The Kier molecular flexibility index (Phi) is 5.86. The van der Waals surface area contributed by atoms with Crippen molar-refractivity contribution in [1.82, 2.24) is 4.90 Å². The Hall–Kier alpha value is -1.20. The number of nitrogens with zero attached hydrogens (tertiary/aromatic N) is 1. The number of aliphatic hydroxyl groups is 1. The van der Waals surface area contributed by atoms with E-state index < -0.39 is 6.61 Å². The van der Waals surface area contributed by atoms with Crippen molar-refractivity contribution in [1.29, 1.82) is 0 Å².